The van der Waals surface area contributed by atoms with Crippen LogP contribution in [0.15, 0.2) is 66.3 Å². The maximum absolute atomic E-state index is 6.03. The van der Waals surface area contributed by atoms with Gasteiger partial charge in [0, 0.05) is 12.1 Å². The van der Waals surface area contributed by atoms with Gasteiger partial charge in [-0.2, -0.15) is 5.10 Å². The van der Waals surface area contributed by atoms with Crippen molar-refractivity contribution < 1.29 is 9.47 Å². The Kier molecular flexibility index (Phi) is 5.01. The molecule has 1 aliphatic carbocycles. The molecular weight excluding hydrogens is 364 g/mol. The summed E-state index contributed by atoms with van der Waals surface area (Å²) in [5, 5.41) is 7.39. The van der Waals surface area contributed by atoms with Crippen LogP contribution < -0.4 is 0 Å². The summed E-state index contributed by atoms with van der Waals surface area (Å²) in [6.45, 7) is 3.34. The number of nitrogens with zero attached hydrogens (tertiary/aromatic N) is 3. The maximum atomic E-state index is 6.03. The Morgan fingerprint density at radius 3 is 2.86 bits per heavy atom. The minimum absolute atomic E-state index is 0.532. The average Bonchev–Trinajstić information content (AvgIpc) is 3.47. The second kappa shape index (κ2) is 8.09. The van der Waals surface area contributed by atoms with Crippen molar-refractivity contribution in [1.82, 2.24) is 20.1 Å². The second-order valence-corrected chi connectivity index (χ2v) is 7.55. The van der Waals surface area contributed by atoms with Gasteiger partial charge in [-0.15, -0.1) is 0 Å². The van der Waals surface area contributed by atoms with Gasteiger partial charge in [0.1, 0.15) is 12.5 Å². The van der Waals surface area contributed by atoms with Gasteiger partial charge in [-0.25, -0.2) is 4.98 Å². The van der Waals surface area contributed by atoms with Crippen LogP contribution in [0.1, 0.15) is 37.1 Å². The summed E-state index contributed by atoms with van der Waals surface area (Å²) in [5.41, 5.74) is 3.40. The lowest BCUT2D eigenvalue weighted by Crippen LogP contribution is -2.18. The van der Waals surface area contributed by atoms with Gasteiger partial charge in [0.05, 0.1) is 0 Å². The first kappa shape index (κ1) is 17.9. The Morgan fingerprint density at radius 1 is 1.10 bits per heavy atom. The van der Waals surface area contributed by atoms with Crippen LogP contribution in [0, 0.1) is 0 Å². The van der Waals surface area contributed by atoms with Crippen molar-refractivity contribution in [3.05, 3.63) is 77.7 Å². The lowest BCUT2D eigenvalue weighted by molar-refractivity contribution is 0.283. The predicted molar refractivity (Wildman–Crippen MR) is 111 cm³/mol. The standard InChI is InChI=1S/C23H24N4O2/c1-2-8-18(9-3-1)20-15-28-16-21(29-20)23-24-22(25-26-23)19-10-6-7-17(13-19)14-27-11-4-5-12-27/h1-2,6-8,10,13,15-16H,3-5,9,11-12,14H2,(H,24,25,26). The summed E-state index contributed by atoms with van der Waals surface area (Å²) in [7, 11) is 0. The number of aromatic nitrogens is 3. The number of nitrogens with one attached hydrogen (secondary N) is 1. The molecule has 2 aliphatic heterocycles. The number of aromatic amines is 1. The van der Waals surface area contributed by atoms with Crippen LogP contribution in [0.5, 0.6) is 0 Å². The summed E-state index contributed by atoms with van der Waals surface area (Å²) >= 11 is 0. The Labute approximate surface area is 170 Å². The average molecular weight is 388 g/mol. The van der Waals surface area contributed by atoms with Crippen molar-refractivity contribution in [3.63, 3.8) is 0 Å². The molecule has 0 amide bonds. The molecule has 2 aromatic rings. The third-order valence-corrected chi connectivity index (χ3v) is 5.41. The summed E-state index contributed by atoms with van der Waals surface area (Å²) in [4.78, 5) is 7.13. The molecule has 5 rings (SSSR count). The van der Waals surface area contributed by atoms with Crippen LogP contribution in [0.4, 0.5) is 0 Å². The van der Waals surface area contributed by atoms with E-state index < -0.39 is 0 Å². The zero-order valence-corrected chi connectivity index (χ0v) is 16.3. The maximum Gasteiger partial charge on any atom is 0.206 e. The van der Waals surface area contributed by atoms with Gasteiger partial charge in [-0.05, 0) is 56.0 Å². The smallest absolute Gasteiger partial charge is 0.206 e. The third kappa shape index (κ3) is 4.03. The summed E-state index contributed by atoms with van der Waals surface area (Å²) < 4.78 is 11.5. The van der Waals surface area contributed by atoms with Crippen LogP contribution in [0.2, 0.25) is 0 Å². The molecule has 0 bridgehead atoms. The molecular formula is C23H24N4O2. The highest BCUT2D eigenvalue weighted by Crippen LogP contribution is 2.30. The van der Waals surface area contributed by atoms with Crippen LogP contribution in [-0.4, -0.2) is 33.2 Å². The largest absolute Gasteiger partial charge is 0.465 e. The number of allylic oxidation sites excluding steroid dienone is 4. The molecule has 29 heavy (non-hydrogen) atoms. The summed E-state index contributed by atoms with van der Waals surface area (Å²) in [6, 6.07) is 8.44. The monoisotopic (exact) mass is 388 g/mol. The van der Waals surface area contributed by atoms with Gasteiger partial charge in [0.25, 0.3) is 0 Å². The van der Waals surface area contributed by atoms with Gasteiger partial charge >= 0.3 is 0 Å². The van der Waals surface area contributed by atoms with Crippen molar-refractivity contribution in [2.24, 2.45) is 0 Å². The summed E-state index contributed by atoms with van der Waals surface area (Å²) in [5.74, 6) is 2.47. The molecule has 3 heterocycles. The minimum Gasteiger partial charge on any atom is -0.465 e. The van der Waals surface area contributed by atoms with E-state index in [1.54, 1.807) is 12.5 Å². The highest BCUT2D eigenvalue weighted by atomic mass is 16.5. The Balaban J connectivity index is 1.31. The van der Waals surface area contributed by atoms with Crippen molar-refractivity contribution in [2.45, 2.75) is 32.2 Å². The number of benzene rings is 1. The molecule has 0 unspecified atom stereocenters. The quantitative estimate of drug-likeness (QED) is 0.815. The predicted octanol–water partition coefficient (Wildman–Crippen LogP) is 4.53. The zero-order chi connectivity index (χ0) is 19.5. The molecule has 1 saturated heterocycles. The van der Waals surface area contributed by atoms with Gasteiger partial charge in [0.15, 0.2) is 17.4 Å². The Bertz CT molecular complexity index is 1010. The second-order valence-electron chi connectivity index (χ2n) is 7.55. The van der Waals surface area contributed by atoms with E-state index in [9.17, 15) is 0 Å². The molecule has 1 aromatic heterocycles. The number of hydrogen-bond donors (Lipinski definition) is 1. The lowest BCUT2D eigenvalue weighted by atomic mass is 10.0. The molecule has 6 heteroatoms. The molecule has 0 spiro atoms. The van der Waals surface area contributed by atoms with Crippen molar-refractivity contribution in [1.29, 1.82) is 0 Å². The van der Waals surface area contributed by atoms with Crippen LogP contribution in [-0.2, 0) is 16.0 Å². The van der Waals surface area contributed by atoms with E-state index in [0.717, 1.165) is 36.3 Å². The van der Waals surface area contributed by atoms with Gasteiger partial charge in [-0.1, -0.05) is 36.4 Å². The van der Waals surface area contributed by atoms with Crippen LogP contribution in [0.25, 0.3) is 17.1 Å². The van der Waals surface area contributed by atoms with Crippen molar-refractivity contribution >= 4 is 5.76 Å². The van der Waals surface area contributed by atoms with E-state index in [4.69, 9.17) is 9.47 Å². The molecule has 1 N–H and O–H groups in total. The first-order valence-electron chi connectivity index (χ1n) is 10.2. The molecule has 1 fully saturated rings. The van der Waals surface area contributed by atoms with E-state index in [2.05, 4.69) is 50.4 Å². The SMILES string of the molecule is C1=CCCC(C2=COC=C(c3nc(-c4cccc(CN5CCCC5)c4)n[nH]3)O2)=C1. The molecule has 148 valence electrons. The molecule has 0 atom stereocenters. The van der Waals surface area contributed by atoms with Crippen molar-refractivity contribution in [3.8, 4) is 11.4 Å². The van der Waals surface area contributed by atoms with E-state index in [-0.39, 0.29) is 0 Å². The molecule has 0 radical (unpaired) electrons. The van der Waals surface area contributed by atoms with E-state index >= 15 is 0 Å². The van der Waals surface area contributed by atoms with E-state index in [1.807, 2.05) is 12.1 Å². The highest BCUT2D eigenvalue weighted by Gasteiger charge is 2.20. The number of ether oxygens (including phenoxy) is 2. The normalized spacial score (nSPS) is 19.2. The lowest BCUT2D eigenvalue weighted by Gasteiger charge is -2.18. The zero-order valence-electron chi connectivity index (χ0n) is 16.3. The first-order chi connectivity index (χ1) is 14.3. The molecule has 0 saturated carbocycles. The van der Waals surface area contributed by atoms with E-state index in [1.165, 1.54) is 31.5 Å². The van der Waals surface area contributed by atoms with Gasteiger partial charge < -0.3 is 9.47 Å². The minimum atomic E-state index is 0.532. The fourth-order valence-corrected chi connectivity index (χ4v) is 3.89. The van der Waals surface area contributed by atoms with Crippen molar-refractivity contribution in [2.75, 3.05) is 13.1 Å². The van der Waals surface area contributed by atoms with Gasteiger partial charge in [0.2, 0.25) is 5.76 Å². The van der Waals surface area contributed by atoms with E-state index in [0.29, 0.717) is 17.4 Å². The number of H-pyrrole nitrogens is 1. The van der Waals surface area contributed by atoms with Gasteiger partial charge in [-0.3, -0.25) is 10.00 Å². The molecule has 1 aromatic carbocycles. The highest BCUT2D eigenvalue weighted by molar-refractivity contribution is 5.61. The summed E-state index contributed by atoms with van der Waals surface area (Å²) in [6.07, 6.45) is 14.0. The van der Waals surface area contributed by atoms with Crippen LogP contribution >= 0.6 is 0 Å². The number of hydrogen-bond acceptors (Lipinski definition) is 5. The Morgan fingerprint density at radius 2 is 2.00 bits per heavy atom. The molecule has 3 aliphatic rings. The number of likely N-dealkylation sites (tertiary alicyclic amines) is 1. The fourth-order valence-electron chi connectivity index (χ4n) is 3.89. The Hall–Kier alpha value is -3.12. The van der Waals surface area contributed by atoms with Crippen LogP contribution in [0.3, 0.4) is 0 Å². The molecule has 6 nitrogen and oxygen atoms in total. The fraction of sp³-hybridized carbons (Fsp3) is 0.304. The first-order valence-corrected chi connectivity index (χ1v) is 10.2. The number of rotatable bonds is 5. The topological polar surface area (TPSA) is 63.3 Å². The third-order valence-electron chi connectivity index (χ3n) is 5.41.